The van der Waals surface area contributed by atoms with Gasteiger partial charge in [0.1, 0.15) is 17.6 Å². The molecule has 3 rings (SSSR count). The largest absolute Gasteiger partial charge is 0.457 e. The van der Waals surface area contributed by atoms with Crippen molar-refractivity contribution in [1.29, 1.82) is 0 Å². The number of carbonyl (C=O) groups excluding carboxylic acids is 1. The minimum Gasteiger partial charge on any atom is -0.457 e. The molecule has 0 aromatic heterocycles. The molecule has 0 bridgehead atoms. The Hall–Kier alpha value is -2.00. The average Bonchev–Trinajstić information content (AvgIpc) is 3.03. The van der Waals surface area contributed by atoms with Crippen molar-refractivity contribution < 1.29 is 9.53 Å². The normalized spacial score (nSPS) is 21.0. The molecule has 0 spiro atoms. The second-order valence-corrected chi connectivity index (χ2v) is 6.43. The van der Waals surface area contributed by atoms with Crippen LogP contribution in [0.5, 0.6) is 0 Å². The van der Waals surface area contributed by atoms with Crippen LogP contribution in [0.15, 0.2) is 53.4 Å². The summed E-state index contributed by atoms with van der Waals surface area (Å²) in [6, 6.07) is 7.63. The highest BCUT2D eigenvalue weighted by Gasteiger charge is 2.31. The lowest BCUT2D eigenvalue weighted by Gasteiger charge is -2.24. The van der Waals surface area contributed by atoms with Crippen molar-refractivity contribution >= 4 is 23.1 Å². The van der Waals surface area contributed by atoms with E-state index in [1.807, 2.05) is 63.5 Å². The molecule has 23 heavy (non-hydrogen) atoms. The molecular weight excluding hydrogens is 310 g/mol. The number of allylic oxidation sites excluding steroid dienone is 2. The summed E-state index contributed by atoms with van der Waals surface area (Å²) < 4.78 is 5.93. The smallest absolute Gasteiger partial charge is 0.165 e. The van der Waals surface area contributed by atoms with Gasteiger partial charge in [0, 0.05) is 30.3 Å². The van der Waals surface area contributed by atoms with Crippen molar-refractivity contribution in [2.45, 2.75) is 26.3 Å². The van der Waals surface area contributed by atoms with Gasteiger partial charge in [-0.2, -0.15) is 0 Å². The fraction of sp³-hybridized carbons (Fsp3) is 0.316. The third kappa shape index (κ3) is 2.93. The summed E-state index contributed by atoms with van der Waals surface area (Å²) in [6.07, 6.45) is 6.67. The van der Waals surface area contributed by atoms with Gasteiger partial charge in [-0.1, -0.05) is 49.7 Å². The van der Waals surface area contributed by atoms with Crippen LogP contribution < -0.4 is 0 Å². The number of benzene rings is 1. The molecule has 0 amide bonds. The summed E-state index contributed by atoms with van der Waals surface area (Å²) in [7, 11) is 1.99. The lowest BCUT2D eigenvalue weighted by atomic mass is 9.96. The number of carbonyl (C=O) groups is 1. The molecule has 2 aliphatic rings. The van der Waals surface area contributed by atoms with Crippen molar-refractivity contribution in [2.24, 2.45) is 5.92 Å². The fourth-order valence-electron chi connectivity index (χ4n) is 2.71. The number of rotatable bonds is 4. The van der Waals surface area contributed by atoms with Crippen LogP contribution in [0, 0.1) is 5.92 Å². The van der Waals surface area contributed by atoms with E-state index in [0.29, 0.717) is 5.03 Å². The van der Waals surface area contributed by atoms with Crippen LogP contribution in [0.1, 0.15) is 36.2 Å². The van der Waals surface area contributed by atoms with Crippen LogP contribution >= 0.6 is 11.6 Å². The average molecular weight is 330 g/mol. The zero-order valence-corrected chi connectivity index (χ0v) is 14.3. The van der Waals surface area contributed by atoms with Crippen LogP contribution in [0.2, 0.25) is 0 Å². The van der Waals surface area contributed by atoms with Crippen LogP contribution in [0.25, 0.3) is 5.76 Å². The molecule has 1 aromatic rings. The van der Waals surface area contributed by atoms with Crippen molar-refractivity contribution in [2.75, 3.05) is 7.05 Å². The molecular formula is C19H20ClNO2. The molecule has 2 heterocycles. The van der Waals surface area contributed by atoms with Gasteiger partial charge in [0.05, 0.1) is 5.03 Å². The SMILES string of the molecule is CCC(C)C(=O)c1ccc(C2=CC3C(=C(Cl)C=CN3C)O2)cc1. The van der Waals surface area contributed by atoms with Gasteiger partial charge in [-0.15, -0.1) is 0 Å². The summed E-state index contributed by atoms with van der Waals surface area (Å²) in [6.45, 7) is 3.98. The standard InChI is InChI=1S/C19H20ClNO2/c1-4-12(2)18(22)14-7-5-13(6-8-14)17-11-16-19(23-17)15(20)9-10-21(16)3/h5-12,16H,4H2,1-3H3. The second kappa shape index (κ2) is 6.25. The molecule has 2 aliphatic heterocycles. The van der Waals surface area contributed by atoms with Crippen molar-refractivity contribution in [3.8, 4) is 0 Å². The number of fused-ring (bicyclic) bond motifs is 1. The molecule has 3 nitrogen and oxygen atoms in total. The Labute approximate surface area is 141 Å². The topological polar surface area (TPSA) is 29.5 Å². The number of likely N-dealkylation sites (N-methyl/N-ethyl adjacent to an activating group) is 1. The van der Waals surface area contributed by atoms with E-state index in [4.69, 9.17) is 16.3 Å². The summed E-state index contributed by atoms with van der Waals surface area (Å²) in [5.41, 5.74) is 1.70. The Morgan fingerprint density at radius 3 is 2.65 bits per heavy atom. The third-order valence-electron chi connectivity index (χ3n) is 4.44. The van der Waals surface area contributed by atoms with Crippen LogP contribution in [0.3, 0.4) is 0 Å². The molecule has 0 saturated carbocycles. The highest BCUT2D eigenvalue weighted by atomic mass is 35.5. The van der Waals surface area contributed by atoms with Crippen molar-refractivity contribution in [3.63, 3.8) is 0 Å². The van der Waals surface area contributed by atoms with E-state index in [1.54, 1.807) is 0 Å². The van der Waals surface area contributed by atoms with Gasteiger partial charge < -0.3 is 9.64 Å². The van der Waals surface area contributed by atoms with Crippen molar-refractivity contribution in [1.82, 2.24) is 4.90 Å². The summed E-state index contributed by atoms with van der Waals surface area (Å²) in [5, 5.41) is 0.628. The number of ether oxygens (including phenoxy) is 1. The number of hydrogen-bond donors (Lipinski definition) is 0. The highest BCUT2D eigenvalue weighted by molar-refractivity contribution is 6.31. The van der Waals surface area contributed by atoms with Gasteiger partial charge in [-0.25, -0.2) is 0 Å². The van der Waals surface area contributed by atoms with E-state index in [9.17, 15) is 4.79 Å². The van der Waals surface area contributed by atoms with E-state index >= 15 is 0 Å². The molecule has 1 aromatic carbocycles. The molecule has 0 fully saturated rings. The van der Waals surface area contributed by atoms with Gasteiger partial charge in [0.2, 0.25) is 0 Å². The minimum absolute atomic E-state index is 0.0314. The lowest BCUT2D eigenvalue weighted by Crippen LogP contribution is -2.27. The Bertz CT molecular complexity index is 715. The van der Waals surface area contributed by atoms with Crippen LogP contribution in [0.4, 0.5) is 0 Å². The summed E-state index contributed by atoms with van der Waals surface area (Å²) in [4.78, 5) is 14.3. The monoisotopic (exact) mass is 329 g/mol. The molecule has 4 heteroatoms. The quantitative estimate of drug-likeness (QED) is 0.758. The minimum atomic E-state index is 0.0314. The number of hydrogen-bond acceptors (Lipinski definition) is 3. The fourth-order valence-corrected chi connectivity index (χ4v) is 2.91. The predicted molar refractivity (Wildman–Crippen MR) is 92.9 cm³/mol. The first-order chi connectivity index (χ1) is 11.0. The molecule has 0 radical (unpaired) electrons. The summed E-state index contributed by atoms with van der Waals surface area (Å²) in [5.74, 6) is 1.77. The maximum Gasteiger partial charge on any atom is 0.165 e. The maximum absolute atomic E-state index is 12.2. The van der Waals surface area contributed by atoms with E-state index < -0.39 is 0 Å². The predicted octanol–water partition coefficient (Wildman–Crippen LogP) is 4.56. The van der Waals surface area contributed by atoms with E-state index in [1.165, 1.54) is 0 Å². The first-order valence-electron chi connectivity index (χ1n) is 7.85. The van der Waals surface area contributed by atoms with E-state index in [0.717, 1.165) is 29.1 Å². The van der Waals surface area contributed by atoms with Gasteiger partial charge in [0.15, 0.2) is 5.78 Å². The van der Waals surface area contributed by atoms with Gasteiger partial charge >= 0.3 is 0 Å². The Morgan fingerprint density at radius 2 is 2.04 bits per heavy atom. The zero-order chi connectivity index (χ0) is 16.6. The number of Topliss-reactive ketones (excluding diaryl/α,β-unsaturated/α-hetero) is 1. The number of ketones is 1. The lowest BCUT2D eigenvalue weighted by molar-refractivity contribution is 0.0927. The van der Waals surface area contributed by atoms with Crippen molar-refractivity contribution in [3.05, 3.63) is 64.5 Å². The van der Waals surface area contributed by atoms with E-state index in [-0.39, 0.29) is 17.7 Å². The molecule has 120 valence electrons. The van der Waals surface area contributed by atoms with Gasteiger partial charge in [-0.05, 0) is 18.6 Å². The Kier molecular flexibility index (Phi) is 4.31. The molecule has 2 atom stereocenters. The molecule has 0 N–H and O–H groups in total. The van der Waals surface area contributed by atoms with E-state index in [2.05, 4.69) is 4.90 Å². The first-order valence-corrected chi connectivity index (χ1v) is 8.23. The van der Waals surface area contributed by atoms with Gasteiger partial charge in [-0.3, -0.25) is 4.79 Å². The number of halogens is 1. The summed E-state index contributed by atoms with van der Waals surface area (Å²) >= 11 is 6.22. The van der Waals surface area contributed by atoms with Gasteiger partial charge in [0.25, 0.3) is 0 Å². The zero-order valence-electron chi connectivity index (χ0n) is 13.5. The molecule has 0 aliphatic carbocycles. The Morgan fingerprint density at radius 1 is 1.35 bits per heavy atom. The first kappa shape index (κ1) is 15.9. The number of nitrogens with zero attached hydrogens (tertiary/aromatic N) is 1. The second-order valence-electron chi connectivity index (χ2n) is 6.02. The molecule has 0 saturated heterocycles. The Balaban J connectivity index is 1.83. The highest BCUT2D eigenvalue weighted by Crippen LogP contribution is 2.37. The van der Waals surface area contributed by atoms with Crippen LogP contribution in [-0.4, -0.2) is 23.8 Å². The molecule has 2 unspecified atom stereocenters. The maximum atomic E-state index is 12.2. The third-order valence-corrected chi connectivity index (χ3v) is 4.75. The van der Waals surface area contributed by atoms with Crippen LogP contribution in [-0.2, 0) is 4.74 Å².